The van der Waals surface area contributed by atoms with E-state index < -0.39 is 0 Å². The molecular formula is C24H22Cl3N3O. The summed E-state index contributed by atoms with van der Waals surface area (Å²) in [6, 6.07) is 18.6. The number of anilines is 2. The molecule has 3 aromatic carbocycles. The Balaban J connectivity index is 1.68. The third kappa shape index (κ3) is 4.62. The van der Waals surface area contributed by atoms with E-state index in [9.17, 15) is 4.79 Å². The number of benzene rings is 3. The second-order valence-electron chi connectivity index (χ2n) is 7.70. The lowest BCUT2D eigenvalue weighted by atomic mass is 10.00. The van der Waals surface area contributed by atoms with Gasteiger partial charge in [-0.2, -0.15) is 0 Å². The molecule has 0 radical (unpaired) electrons. The summed E-state index contributed by atoms with van der Waals surface area (Å²) < 4.78 is 0. The molecule has 3 aromatic rings. The van der Waals surface area contributed by atoms with Crippen molar-refractivity contribution in [3.05, 3.63) is 92.4 Å². The van der Waals surface area contributed by atoms with Crippen molar-refractivity contribution >= 4 is 52.1 Å². The third-order valence-corrected chi connectivity index (χ3v) is 6.37. The number of hydrogen-bond donors (Lipinski definition) is 1. The summed E-state index contributed by atoms with van der Waals surface area (Å²) in [7, 11) is 0. The highest BCUT2D eigenvalue weighted by molar-refractivity contribution is 6.36. The molecule has 1 heterocycles. The van der Waals surface area contributed by atoms with E-state index in [2.05, 4.69) is 4.90 Å². The fourth-order valence-electron chi connectivity index (χ4n) is 3.99. The molecular weight excluding hydrogens is 453 g/mol. The number of piperazine rings is 1. The van der Waals surface area contributed by atoms with Crippen molar-refractivity contribution < 1.29 is 4.79 Å². The van der Waals surface area contributed by atoms with Gasteiger partial charge in [-0.05, 0) is 60.5 Å². The van der Waals surface area contributed by atoms with Gasteiger partial charge in [-0.15, -0.1) is 0 Å². The number of hydrogen-bond acceptors (Lipinski definition) is 3. The zero-order valence-electron chi connectivity index (χ0n) is 17.0. The molecule has 1 fully saturated rings. The minimum atomic E-state index is -0.0969. The van der Waals surface area contributed by atoms with E-state index in [1.54, 1.807) is 12.1 Å². The van der Waals surface area contributed by atoms with E-state index in [0.29, 0.717) is 46.0 Å². The van der Waals surface area contributed by atoms with Crippen LogP contribution in [0.5, 0.6) is 0 Å². The lowest BCUT2D eigenvalue weighted by Gasteiger charge is -2.43. The maximum Gasteiger partial charge on any atom is 0.256 e. The lowest BCUT2D eigenvalue weighted by Crippen LogP contribution is -2.50. The summed E-state index contributed by atoms with van der Waals surface area (Å²) in [5, 5.41) is 1.82. The molecule has 2 N–H and O–H groups in total. The maximum absolute atomic E-state index is 13.3. The van der Waals surface area contributed by atoms with Crippen molar-refractivity contribution in [1.82, 2.24) is 4.90 Å². The van der Waals surface area contributed by atoms with Gasteiger partial charge in [0.2, 0.25) is 0 Å². The number of nitrogens with zero attached hydrogens (tertiary/aromatic N) is 2. The van der Waals surface area contributed by atoms with Gasteiger partial charge >= 0.3 is 0 Å². The molecule has 0 aliphatic carbocycles. The summed E-state index contributed by atoms with van der Waals surface area (Å²) in [6.07, 6.45) is 0. The van der Waals surface area contributed by atoms with Crippen molar-refractivity contribution in [2.24, 2.45) is 0 Å². The minimum Gasteiger partial charge on any atom is -0.398 e. The Kier molecular flexibility index (Phi) is 6.33. The minimum absolute atomic E-state index is 0.0710. The van der Waals surface area contributed by atoms with Gasteiger partial charge in [-0.3, -0.25) is 4.79 Å². The maximum atomic E-state index is 13.3. The SMILES string of the molecule is Cc1ccc(C(=O)N2CCN(c3ccc(Cl)cc3Cl)[C@H](c3ccc(Cl)cc3)C2)c(N)c1. The molecule has 1 amide bonds. The molecule has 1 atom stereocenters. The molecule has 31 heavy (non-hydrogen) atoms. The van der Waals surface area contributed by atoms with Gasteiger partial charge in [0.25, 0.3) is 5.91 Å². The van der Waals surface area contributed by atoms with Gasteiger partial charge in [0, 0.05) is 35.4 Å². The smallest absolute Gasteiger partial charge is 0.256 e. The fraction of sp³-hybridized carbons (Fsp3) is 0.208. The largest absolute Gasteiger partial charge is 0.398 e. The zero-order valence-corrected chi connectivity index (χ0v) is 19.3. The van der Waals surface area contributed by atoms with Gasteiger partial charge in [-0.1, -0.05) is 53.0 Å². The molecule has 4 rings (SSSR count). The number of halogens is 3. The van der Waals surface area contributed by atoms with Gasteiger partial charge in [0.05, 0.1) is 22.3 Å². The molecule has 0 aromatic heterocycles. The number of carbonyl (C=O) groups excluding carboxylic acids is 1. The summed E-state index contributed by atoms with van der Waals surface area (Å²) in [5.74, 6) is -0.0710. The summed E-state index contributed by atoms with van der Waals surface area (Å²) in [6.45, 7) is 3.61. The van der Waals surface area contributed by atoms with E-state index in [4.69, 9.17) is 40.5 Å². The molecule has 160 valence electrons. The molecule has 0 spiro atoms. The van der Waals surface area contributed by atoms with Crippen LogP contribution in [-0.2, 0) is 0 Å². The van der Waals surface area contributed by atoms with Gasteiger partial charge in [0.15, 0.2) is 0 Å². The molecule has 0 bridgehead atoms. The highest BCUT2D eigenvalue weighted by atomic mass is 35.5. The number of rotatable bonds is 3. The number of nitrogens with two attached hydrogens (primary N) is 1. The summed E-state index contributed by atoms with van der Waals surface area (Å²) >= 11 is 18.7. The van der Waals surface area contributed by atoms with Crippen molar-refractivity contribution in [2.75, 3.05) is 30.3 Å². The van der Waals surface area contributed by atoms with Crippen LogP contribution in [0.1, 0.15) is 27.5 Å². The van der Waals surface area contributed by atoms with Crippen LogP contribution in [0.4, 0.5) is 11.4 Å². The van der Waals surface area contributed by atoms with Crippen molar-refractivity contribution in [1.29, 1.82) is 0 Å². The van der Waals surface area contributed by atoms with Crippen LogP contribution in [0.25, 0.3) is 0 Å². The molecule has 1 saturated heterocycles. The Morgan fingerprint density at radius 3 is 2.32 bits per heavy atom. The molecule has 1 aliphatic rings. The van der Waals surface area contributed by atoms with Crippen LogP contribution in [0, 0.1) is 6.92 Å². The first kappa shape index (κ1) is 21.8. The van der Waals surface area contributed by atoms with Crippen LogP contribution in [0.2, 0.25) is 15.1 Å². The Hall–Kier alpha value is -2.40. The zero-order chi connectivity index (χ0) is 22.1. The Morgan fingerprint density at radius 1 is 0.935 bits per heavy atom. The van der Waals surface area contributed by atoms with Crippen molar-refractivity contribution in [3.8, 4) is 0 Å². The molecule has 0 unspecified atom stereocenters. The Labute approximate surface area is 197 Å². The number of nitrogen functional groups attached to an aromatic ring is 1. The normalized spacial score (nSPS) is 16.5. The Morgan fingerprint density at radius 2 is 1.65 bits per heavy atom. The van der Waals surface area contributed by atoms with E-state index in [0.717, 1.165) is 16.8 Å². The molecule has 1 aliphatic heterocycles. The first-order valence-corrected chi connectivity index (χ1v) is 11.1. The van der Waals surface area contributed by atoms with Crippen molar-refractivity contribution in [2.45, 2.75) is 13.0 Å². The summed E-state index contributed by atoms with van der Waals surface area (Å²) in [5.41, 5.74) is 10.1. The topological polar surface area (TPSA) is 49.6 Å². The van der Waals surface area contributed by atoms with Crippen molar-refractivity contribution in [3.63, 3.8) is 0 Å². The highest BCUT2D eigenvalue weighted by Gasteiger charge is 2.32. The number of carbonyl (C=O) groups is 1. The lowest BCUT2D eigenvalue weighted by molar-refractivity contribution is 0.0723. The number of amides is 1. The third-order valence-electron chi connectivity index (χ3n) is 5.58. The first-order chi connectivity index (χ1) is 14.8. The van der Waals surface area contributed by atoms with Crippen LogP contribution in [0.15, 0.2) is 60.7 Å². The molecule has 0 saturated carbocycles. The average Bonchev–Trinajstić information content (AvgIpc) is 2.74. The van der Waals surface area contributed by atoms with Crippen LogP contribution >= 0.6 is 34.8 Å². The van der Waals surface area contributed by atoms with E-state index in [-0.39, 0.29) is 11.9 Å². The monoisotopic (exact) mass is 473 g/mol. The predicted molar refractivity (Wildman–Crippen MR) is 129 cm³/mol. The molecule has 4 nitrogen and oxygen atoms in total. The standard InChI is InChI=1S/C24H22Cl3N3O/c1-15-2-8-19(21(28)12-15)24(31)29-10-11-30(22-9-7-18(26)13-20(22)27)23(14-29)16-3-5-17(25)6-4-16/h2-9,12-13,23H,10-11,14,28H2,1H3/t23-/m0/s1. The fourth-order valence-corrected chi connectivity index (χ4v) is 4.63. The molecule has 7 heteroatoms. The van der Waals surface area contributed by atoms with E-state index >= 15 is 0 Å². The van der Waals surface area contributed by atoms with Crippen LogP contribution in [-0.4, -0.2) is 30.4 Å². The second-order valence-corrected chi connectivity index (χ2v) is 8.98. The summed E-state index contributed by atoms with van der Waals surface area (Å²) in [4.78, 5) is 17.3. The number of aryl methyl sites for hydroxylation is 1. The van der Waals surface area contributed by atoms with E-state index in [1.807, 2.05) is 60.4 Å². The van der Waals surface area contributed by atoms with Gasteiger partial charge in [0.1, 0.15) is 0 Å². The Bertz CT molecular complexity index is 1120. The van der Waals surface area contributed by atoms with Gasteiger partial charge < -0.3 is 15.5 Å². The first-order valence-electron chi connectivity index (χ1n) is 9.96. The van der Waals surface area contributed by atoms with E-state index in [1.165, 1.54) is 0 Å². The van der Waals surface area contributed by atoms with Gasteiger partial charge in [-0.25, -0.2) is 0 Å². The van der Waals surface area contributed by atoms with Crippen LogP contribution in [0.3, 0.4) is 0 Å². The van der Waals surface area contributed by atoms with Crippen LogP contribution < -0.4 is 10.6 Å². The average molecular weight is 475 g/mol. The quantitative estimate of drug-likeness (QED) is 0.457. The predicted octanol–water partition coefficient (Wildman–Crippen LogP) is 6.24. The highest BCUT2D eigenvalue weighted by Crippen LogP contribution is 2.37. The second kappa shape index (κ2) is 8.99.